The van der Waals surface area contributed by atoms with Gasteiger partial charge < -0.3 is 24.2 Å². The summed E-state index contributed by atoms with van der Waals surface area (Å²) >= 11 is 0. The Morgan fingerprint density at radius 1 is 1.33 bits per heavy atom. The fourth-order valence-corrected chi connectivity index (χ4v) is 2.95. The van der Waals surface area contributed by atoms with Gasteiger partial charge in [-0.05, 0) is 18.9 Å². The van der Waals surface area contributed by atoms with Gasteiger partial charge in [0.2, 0.25) is 0 Å². The van der Waals surface area contributed by atoms with Crippen LogP contribution in [0.2, 0.25) is 0 Å². The number of nitrogens with one attached hydrogen (secondary N) is 1. The fraction of sp³-hybridized carbons (Fsp3) is 0.526. The Kier molecular flexibility index (Phi) is 6.78. The van der Waals surface area contributed by atoms with Crippen molar-refractivity contribution >= 4 is 6.03 Å². The van der Waals surface area contributed by atoms with E-state index >= 15 is 0 Å². The van der Waals surface area contributed by atoms with E-state index in [0.717, 1.165) is 12.0 Å². The maximum atomic E-state index is 12.4. The van der Waals surface area contributed by atoms with E-state index in [4.69, 9.17) is 14.0 Å². The van der Waals surface area contributed by atoms with Gasteiger partial charge in [0.25, 0.3) is 5.89 Å². The molecule has 0 radical (unpaired) electrons. The minimum atomic E-state index is -0.0651. The summed E-state index contributed by atoms with van der Waals surface area (Å²) < 4.78 is 15.5. The molecule has 1 saturated heterocycles. The molecular formula is C19H26N4O4. The molecule has 3 rings (SSSR count). The van der Waals surface area contributed by atoms with E-state index < -0.39 is 0 Å². The fourth-order valence-electron chi connectivity index (χ4n) is 2.95. The minimum Gasteiger partial charge on any atom is -0.382 e. The molecule has 2 aromatic rings. The highest BCUT2D eigenvalue weighted by Gasteiger charge is 2.30. The van der Waals surface area contributed by atoms with Gasteiger partial charge in [0, 0.05) is 32.7 Å². The topological polar surface area (TPSA) is 89.7 Å². The van der Waals surface area contributed by atoms with Gasteiger partial charge >= 0.3 is 6.03 Å². The Hall–Kier alpha value is -2.45. The third kappa shape index (κ3) is 5.51. The Balaban J connectivity index is 1.44. The second kappa shape index (κ2) is 9.48. The van der Waals surface area contributed by atoms with E-state index in [0.29, 0.717) is 44.6 Å². The van der Waals surface area contributed by atoms with E-state index in [9.17, 15) is 4.79 Å². The van der Waals surface area contributed by atoms with Crippen LogP contribution in [0.3, 0.4) is 0 Å². The van der Waals surface area contributed by atoms with Crippen molar-refractivity contribution < 1.29 is 18.8 Å². The summed E-state index contributed by atoms with van der Waals surface area (Å²) in [7, 11) is 1.62. The Morgan fingerprint density at radius 3 is 2.93 bits per heavy atom. The van der Waals surface area contributed by atoms with E-state index in [2.05, 4.69) is 15.5 Å². The number of carbonyl (C=O) groups excluding carboxylic acids is 1. The zero-order valence-electron chi connectivity index (χ0n) is 15.8. The highest BCUT2D eigenvalue weighted by Crippen LogP contribution is 2.25. The number of urea groups is 1. The van der Waals surface area contributed by atoms with Crippen molar-refractivity contribution in [2.75, 3.05) is 33.4 Å². The van der Waals surface area contributed by atoms with Gasteiger partial charge in [-0.3, -0.25) is 0 Å². The van der Waals surface area contributed by atoms with Crippen LogP contribution in [0, 0.1) is 6.92 Å². The van der Waals surface area contributed by atoms with Crippen LogP contribution in [-0.4, -0.2) is 54.5 Å². The van der Waals surface area contributed by atoms with Crippen LogP contribution < -0.4 is 5.32 Å². The molecule has 0 spiro atoms. The average molecular weight is 374 g/mol. The van der Waals surface area contributed by atoms with Crippen molar-refractivity contribution in [3.8, 4) is 0 Å². The predicted molar refractivity (Wildman–Crippen MR) is 98.2 cm³/mol. The molecule has 8 heteroatoms. The average Bonchev–Trinajstić information content (AvgIpc) is 3.34. The minimum absolute atomic E-state index is 0.0651. The summed E-state index contributed by atoms with van der Waals surface area (Å²) in [5, 5.41) is 7.01. The molecule has 2 heterocycles. The van der Waals surface area contributed by atoms with Gasteiger partial charge in [-0.25, -0.2) is 4.79 Å². The van der Waals surface area contributed by atoms with Gasteiger partial charge in [-0.2, -0.15) is 4.98 Å². The van der Waals surface area contributed by atoms with Crippen LogP contribution in [-0.2, 0) is 22.6 Å². The van der Waals surface area contributed by atoms with Gasteiger partial charge in [0.05, 0.1) is 13.2 Å². The number of aryl methyl sites for hydroxylation is 1. The number of likely N-dealkylation sites (tertiary alicyclic amines) is 1. The second-order valence-corrected chi connectivity index (χ2v) is 6.67. The molecule has 8 nitrogen and oxygen atoms in total. The Labute approximate surface area is 158 Å². The number of methoxy groups -OCH3 is 1. The number of aromatic nitrogens is 2. The molecule has 27 heavy (non-hydrogen) atoms. The summed E-state index contributed by atoms with van der Waals surface area (Å²) in [4.78, 5) is 18.6. The van der Waals surface area contributed by atoms with E-state index in [1.165, 1.54) is 5.56 Å². The first kappa shape index (κ1) is 19.3. The zero-order valence-corrected chi connectivity index (χ0v) is 15.8. The lowest BCUT2D eigenvalue weighted by atomic mass is 10.1. The molecule has 0 saturated carbocycles. The predicted octanol–water partition coefficient (Wildman–Crippen LogP) is 2.24. The molecule has 0 aliphatic carbocycles. The lowest BCUT2D eigenvalue weighted by Crippen LogP contribution is -2.38. The first-order chi connectivity index (χ1) is 13.2. The van der Waals surface area contributed by atoms with Crippen LogP contribution in [0.15, 0.2) is 28.8 Å². The van der Waals surface area contributed by atoms with Gasteiger partial charge in [0.1, 0.15) is 6.61 Å². The Bertz CT molecular complexity index is 732. The molecular weight excluding hydrogens is 348 g/mol. The summed E-state index contributed by atoms with van der Waals surface area (Å²) in [5.41, 5.74) is 2.29. The molecule has 1 aromatic carbocycles. The monoisotopic (exact) mass is 374 g/mol. The molecule has 146 valence electrons. The van der Waals surface area contributed by atoms with Crippen molar-refractivity contribution in [1.29, 1.82) is 0 Å². The van der Waals surface area contributed by atoms with Gasteiger partial charge in [-0.15, -0.1) is 0 Å². The largest absolute Gasteiger partial charge is 0.382 e. The summed E-state index contributed by atoms with van der Waals surface area (Å²) in [6.45, 7) is 5.10. The number of ether oxygens (including phenoxy) is 2. The lowest BCUT2D eigenvalue weighted by Gasteiger charge is -2.17. The third-order valence-electron chi connectivity index (χ3n) is 4.55. The van der Waals surface area contributed by atoms with Crippen LogP contribution in [0.1, 0.15) is 35.2 Å². The summed E-state index contributed by atoms with van der Waals surface area (Å²) in [6.07, 6.45) is 0.821. The lowest BCUT2D eigenvalue weighted by molar-refractivity contribution is 0.0494. The number of amides is 2. The maximum Gasteiger partial charge on any atom is 0.317 e. The first-order valence-electron chi connectivity index (χ1n) is 9.13. The Morgan fingerprint density at radius 2 is 2.15 bits per heavy atom. The zero-order chi connectivity index (χ0) is 19.1. The molecule has 1 aliphatic rings. The van der Waals surface area contributed by atoms with E-state index in [1.54, 1.807) is 12.0 Å². The second-order valence-electron chi connectivity index (χ2n) is 6.67. The number of hydrogen-bond donors (Lipinski definition) is 1. The number of hydrogen-bond acceptors (Lipinski definition) is 6. The van der Waals surface area contributed by atoms with E-state index in [-0.39, 0.29) is 18.6 Å². The summed E-state index contributed by atoms with van der Waals surface area (Å²) in [6, 6.07) is 8.07. The quantitative estimate of drug-likeness (QED) is 0.713. The van der Waals surface area contributed by atoms with Crippen molar-refractivity contribution in [3.63, 3.8) is 0 Å². The number of nitrogens with zero attached hydrogens (tertiary/aromatic N) is 3. The highest BCUT2D eigenvalue weighted by atomic mass is 16.5. The number of carbonyl (C=O) groups is 1. The molecule has 1 N–H and O–H groups in total. The van der Waals surface area contributed by atoms with Crippen molar-refractivity contribution in [2.24, 2.45) is 0 Å². The molecule has 1 aromatic heterocycles. The number of rotatable bonds is 8. The molecule has 1 atom stereocenters. The first-order valence-corrected chi connectivity index (χ1v) is 9.13. The van der Waals surface area contributed by atoms with Crippen molar-refractivity contribution in [1.82, 2.24) is 20.4 Å². The molecule has 2 amide bonds. The molecule has 1 unspecified atom stereocenters. The standard InChI is InChI=1S/C19H26N4O4/c1-14-3-5-15(6-4-14)11-20-19(24)23-8-7-16(12-23)18-21-17(27-22-18)13-26-10-9-25-2/h3-6,16H,7-13H2,1-2H3,(H,20,24). The van der Waals surface area contributed by atoms with E-state index in [1.807, 2.05) is 31.2 Å². The molecule has 1 aliphatic heterocycles. The van der Waals surface area contributed by atoms with Gasteiger partial charge in [-0.1, -0.05) is 35.0 Å². The van der Waals surface area contributed by atoms with Gasteiger partial charge in [0.15, 0.2) is 5.82 Å². The van der Waals surface area contributed by atoms with Crippen LogP contribution in [0.4, 0.5) is 4.79 Å². The van der Waals surface area contributed by atoms with Crippen LogP contribution >= 0.6 is 0 Å². The normalized spacial score (nSPS) is 16.7. The highest BCUT2D eigenvalue weighted by molar-refractivity contribution is 5.74. The summed E-state index contributed by atoms with van der Waals surface area (Å²) in [5.74, 6) is 1.17. The van der Waals surface area contributed by atoms with Crippen LogP contribution in [0.25, 0.3) is 0 Å². The third-order valence-corrected chi connectivity index (χ3v) is 4.55. The smallest absolute Gasteiger partial charge is 0.317 e. The van der Waals surface area contributed by atoms with Crippen molar-refractivity contribution in [3.05, 3.63) is 47.1 Å². The SMILES string of the molecule is COCCOCc1nc(C2CCN(C(=O)NCc3ccc(C)cc3)C2)no1. The molecule has 1 fully saturated rings. The maximum absolute atomic E-state index is 12.4. The van der Waals surface area contributed by atoms with Crippen LogP contribution in [0.5, 0.6) is 0 Å². The molecule has 0 bridgehead atoms. The van der Waals surface area contributed by atoms with Crippen molar-refractivity contribution in [2.45, 2.75) is 32.4 Å². The number of benzene rings is 1.